The van der Waals surface area contributed by atoms with E-state index in [0.29, 0.717) is 12.2 Å². The van der Waals surface area contributed by atoms with Gasteiger partial charge in [0.25, 0.3) is 0 Å². The van der Waals surface area contributed by atoms with E-state index in [4.69, 9.17) is 4.52 Å². The third-order valence-electron chi connectivity index (χ3n) is 2.28. The van der Waals surface area contributed by atoms with Gasteiger partial charge in [-0.05, 0) is 5.92 Å². The van der Waals surface area contributed by atoms with Crippen molar-refractivity contribution in [3.05, 3.63) is 11.7 Å². The topological polar surface area (TPSA) is 102 Å². The number of halogens is 3. The van der Waals surface area contributed by atoms with E-state index in [0.717, 1.165) is 0 Å². The summed E-state index contributed by atoms with van der Waals surface area (Å²) in [5.41, 5.74) is 0. The van der Waals surface area contributed by atoms with Crippen LogP contribution < -0.4 is 5.32 Å². The third-order valence-corrected chi connectivity index (χ3v) is 3.67. The number of amides is 1. The maximum Gasteiger partial charge on any atom is 0.405 e. The zero-order chi connectivity index (χ0) is 17.0. The van der Waals surface area contributed by atoms with Crippen molar-refractivity contribution in [2.45, 2.75) is 32.2 Å². The predicted octanol–water partition coefficient (Wildman–Crippen LogP) is 0.861. The first-order chi connectivity index (χ1) is 9.97. The fourth-order valence-corrected chi connectivity index (χ4v) is 2.58. The highest BCUT2D eigenvalue weighted by atomic mass is 32.2. The molecule has 1 heterocycles. The monoisotopic (exact) mass is 343 g/mol. The maximum atomic E-state index is 11.9. The lowest BCUT2D eigenvalue weighted by molar-refractivity contribution is -0.137. The highest BCUT2D eigenvalue weighted by molar-refractivity contribution is 7.91. The van der Waals surface area contributed by atoms with Crippen molar-refractivity contribution in [2.75, 3.05) is 12.3 Å². The van der Waals surface area contributed by atoms with Crippen molar-refractivity contribution in [1.82, 2.24) is 15.5 Å². The molecule has 0 aliphatic heterocycles. The Kier molecular flexibility index (Phi) is 5.92. The van der Waals surface area contributed by atoms with Gasteiger partial charge in [0.15, 0.2) is 15.7 Å². The molecule has 1 aromatic heterocycles. The Morgan fingerprint density at radius 3 is 2.55 bits per heavy atom. The molecule has 1 amide bonds. The van der Waals surface area contributed by atoms with Gasteiger partial charge in [0.2, 0.25) is 11.8 Å². The molecule has 0 saturated heterocycles. The van der Waals surface area contributed by atoms with Gasteiger partial charge in [0, 0.05) is 6.42 Å². The van der Waals surface area contributed by atoms with E-state index >= 15 is 0 Å². The van der Waals surface area contributed by atoms with Crippen molar-refractivity contribution in [2.24, 2.45) is 5.92 Å². The number of hydrogen-bond donors (Lipinski definition) is 1. The van der Waals surface area contributed by atoms with Gasteiger partial charge in [0.1, 0.15) is 18.1 Å². The zero-order valence-corrected chi connectivity index (χ0v) is 12.8. The molecule has 0 atom stereocenters. The van der Waals surface area contributed by atoms with E-state index in [9.17, 15) is 26.4 Å². The molecular formula is C11H16F3N3O4S. The molecule has 0 aromatic carbocycles. The molecular weight excluding hydrogens is 327 g/mol. The minimum atomic E-state index is -4.60. The number of nitrogens with one attached hydrogen (secondary N) is 1. The first kappa shape index (κ1) is 18.4. The summed E-state index contributed by atoms with van der Waals surface area (Å²) in [4.78, 5) is 15.0. The summed E-state index contributed by atoms with van der Waals surface area (Å²) in [6.07, 6.45) is -4.10. The number of nitrogens with zero attached hydrogens (tertiary/aromatic N) is 2. The summed E-state index contributed by atoms with van der Waals surface area (Å²) < 4.78 is 63.9. The van der Waals surface area contributed by atoms with Gasteiger partial charge < -0.3 is 9.84 Å². The Morgan fingerprint density at radius 1 is 1.36 bits per heavy atom. The number of sulfone groups is 1. The van der Waals surface area contributed by atoms with Crippen LogP contribution >= 0.6 is 0 Å². The van der Waals surface area contributed by atoms with Crippen LogP contribution in [-0.4, -0.2) is 42.9 Å². The third kappa shape index (κ3) is 7.38. The first-order valence-corrected chi connectivity index (χ1v) is 8.14. The van der Waals surface area contributed by atoms with Gasteiger partial charge in [-0.25, -0.2) is 8.42 Å². The summed E-state index contributed by atoms with van der Waals surface area (Å²) in [5.74, 6) is -2.63. The van der Waals surface area contributed by atoms with Crippen LogP contribution in [-0.2, 0) is 26.8 Å². The molecule has 11 heteroatoms. The Morgan fingerprint density at radius 2 is 2.00 bits per heavy atom. The number of carbonyl (C=O) groups excluding carboxylic acids is 1. The average Bonchev–Trinajstić information content (AvgIpc) is 2.70. The minimum Gasteiger partial charge on any atom is -0.346 e. The summed E-state index contributed by atoms with van der Waals surface area (Å²) in [5, 5.41) is 5.07. The molecule has 1 N–H and O–H groups in total. The zero-order valence-electron chi connectivity index (χ0n) is 12.0. The van der Waals surface area contributed by atoms with Crippen molar-refractivity contribution < 1.29 is 30.9 Å². The molecule has 0 radical (unpaired) electrons. The highest BCUT2D eigenvalue weighted by Gasteiger charge is 2.29. The van der Waals surface area contributed by atoms with Gasteiger partial charge in [-0.2, -0.15) is 18.2 Å². The smallest absolute Gasteiger partial charge is 0.346 e. The quantitative estimate of drug-likeness (QED) is 0.788. The molecule has 0 unspecified atom stereocenters. The van der Waals surface area contributed by atoms with E-state index in [2.05, 4.69) is 10.1 Å². The van der Waals surface area contributed by atoms with Crippen molar-refractivity contribution in [3.63, 3.8) is 0 Å². The number of alkyl halides is 3. The van der Waals surface area contributed by atoms with Gasteiger partial charge in [-0.1, -0.05) is 19.0 Å². The maximum absolute atomic E-state index is 11.9. The van der Waals surface area contributed by atoms with Crippen molar-refractivity contribution in [3.8, 4) is 0 Å². The van der Waals surface area contributed by atoms with Crippen LogP contribution in [0.3, 0.4) is 0 Å². The second-order valence-corrected chi connectivity index (χ2v) is 7.19. The SMILES string of the molecule is CC(C)Cc1noc(CS(=O)(=O)CC(=O)NCC(F)(F)F)n1. The van der Waals surface area contributed by atoms with Crippen LogP contribution in [0.1, 0.15) is 25.6 Å². The predicted molar refractivity (Wildman–Crippen MR) is 69.4 cm³/mol. The Balaban J connectivity index is 2.56. The molecule has 0 fully saturated rings. The Labute approximate surface area is 125 Å². The fourth-order valence-electron chi connectivity index (χ4n) is 1.49. The summed E-state index contributed by atoms with van der Waals surface area (Å²) in [7, 11) is -3.99. The fraction of sp³-hybridized carbons (Fsp3) is 0.727. The van der Waals surface area contributed by atoms with Crippen molar-refractivity contribution in [1.29, 1.82) is 0 Å². The van der Waals surface area contributed by atoms with Crippen LogP contribution in [0.5, 0.6) is 0 Å². The standard InChI is InChI=1S/C11H16F3N3O4S/c1-7(2)3-8-16-10(21-17-8)5-22(19,20)4-9(18)15-6-11(12,13)14/h7H,3-6H2,1-2H3,(H,15,18). The lowest BCUT2D eigenvalue weighted by atomic mass is 10.1. The van der Waals surface area contributed by atoms with Crippen LogP contribution in [0.15, 0.2) is 4.52 Å². The molecule has 0 bridgehead atoms. The van der Waals surface area contributed by atoms with Gasteiger partial charge in [-0.3, -0.25) is 4.79 Å². The van der Waals surface area contributed by atoms with E-state index in [1.807, 2.05) is 13.8 Å². The largest absolute Gasteiger partial charge is 0.405 e. The molecule has 7 nitrogen and oxygen atoms in total. The molecule has 0 spiro atoms. The number of aromatic nitrogens is 2. The second kappa shape index (κ2) is 7.07. The summed E-state index contributed by atoms with van der Waals surface area (Å²) in [6.45, 7) is 2.25. The molecule has 0 aliphatic rings. The molecule has 0 aliphatic carbocycles. The van der Waals surface area contributed by atoms with Crippen LogP contribution in [0.25, 0.3) is 0 Å². The van der Waals surface area contributed by atoms with Crippen molar-refractivity contribution >= 4 is 15.7 Å². The normalized spacial score (nSPS) is 12.6. The van der Waals surface area contributed by atoms with Crippen LogP contribution in [0.2, 0.25) is 0 Å². The summed E-state index contributed by atoms with van der Waals surface area (Å²) in [6, 6.07) is 0. The van der Waals surface area contributed by atoms with E-state index in [1.165, 1.54) is 5.32 Å². The Bertz CT molecular complexity index is 610. The highest BCUT2D eigenvalue weighted by Crippen LogP contribution is 2.12. The van der Waals surface area contributed by atoms with E-state index in [-0.39, 0.29) is 11.8 Å². The van der Waals surface area contributed by atoms with Gasteiger partial charge in [0.05, 0.1) is 0 Å². The van der Waals surface area contributed by atoms with Gasteiger partial charge in [-0.15, -0.1) is 0 Å². The second-order valence-electron chi connectivity index (χ2n) is 5.13. The lowest BCUT2D eigenvalue weighted by Gasteiger charge is -2.08. The molecule has 22 heavy (non-hydrogen) atoms. The number of hydrogen-bond acceptors (Lipinski definition) is 6. The number of rotatable bonds is 7. The molecule has 1 aromatic rings. The minimum absolute atomic E-state index is 0.195. The molecule has 126 valence electrons. The average molecular weight is 343 g/mol. The number of carbonyl (C=O) groups is 1. The first-order valence-electron chi connectivity index (χ1n) is 6.32. The molecule has 1 rings (SSSR count). The molecule has 0 saturated carbocycles. The van der Waals surface area contributed by atoms with Crippen LogP contribution in [0, 0.1) is 5.92 Å². The lowest BCUT2D eigenvalue weighted by Crippen LogP contribution is -2.37. The van der Waals surface area contributed by atoms with E-state index < -0.39 is 40.0 Å². The van der Waals surface area contributed by atoms with Crippen LogP contribution in [0.4, 0.5) is 13.2 Å². The van der Waals surface area contributed by atoms with E-state index in [1.54, 1.807) is 0 Å². The Hall–Kier alpha value is -1.65. The summed E-state index contributed by atoms with van der Waals surface area (Å²) >= 11 is 0. The van der Waals surface area contributed by atoms with Gasteiger partial charge >= 0.3 is 6.18 Å².